The molecule has 0 aliphatic carbocycles. The van der Waals surface area contributed by atoms with E-state index in [9.17, 15) is 27.4 Å². The van der Waals surface area contributed by atoms with E-state index in [1.54, 1.807) is 0 Å². The highest BCUT2D eigenvalue weighted by molar-refractivity contribution is 7.82. The highest BCUT2D eigenvalue weighted by Crippen LogP contribution is 2.50. The van der Waals surface area contributed by atoms with Gasteiger partial charge in [0, 0.05) is 45.3 Å². The van der Waals surface area contributed by atoms with Crippen LogP contribution >= 0.6 is 18.1 Å². The number of amides is 1. The van der Waals surface area contributed by atoms with Gasteiger partial charge in [0.1, 0.15) is 0 Å². The van der Waals surface area contributed by atoms with E-state index in [1.807, 2.05) is 0 Å². The van der Waals surface area contributed by atoms with Gasteiger partial charge in [-0.05, 0) is 24.1 Å². The number of carbonyl (C=O) groups excluding carboxylic acids is 1. The zero-order chi connectivity index (χ0) is 16.5. The van der Waals surface area contributed by atoms with E-state index < -0.39 is 19.0 Å². The van der Waals surface area contributed by atoms with Gasteiger partial charge in [0.25, 0.3) is 0 Å². The fourth-order valence-electron chi connectivity index (χ4n) is 2.94. The molecule has 1 atom stereocenters. The third kappa shape index (κ3) is 4.35. The molecule has 1 unspecified atom stereocenters. The van der Waals surface area contributed by atoms with Gasteiger partial charge in [-0.1, -0.05) is 0 Å². The zero-order valence-electron chi connectivity index (χ0n) is 11.8. The molecular weight excluding hydrogens is 346 g/mol. The monoisotopic (exact) mass is 363 g/mol. The maximum absolute atomic E-state index is 12.4. The molecule has 1 N–H and O–H groups in total. The molecule has 0 aromatic carbocycles. The van der Waals surface area contributed by atoms with Gasteiger partial charge in [0.05, 0.1) is 0 Å². The van der Waals surface area contributed by atoms with Gasteiger partial charge < -0.3 is 9.79 Å². The highest BCUT2D eigenvalue weighted by atomic mass is 35.7. The Bertz CT molecular complexity index is 457. The Morgan fingerprint density at radius 1 is 1.09 bits per heavy atom. The van der Waals surface area contributed by atoms with E-state index in [4.69, 9.17) is 11.2 Å². The lowest BCUT2D eigenvalue weighted by Gasteiger charge is -2.42. The molecule has 2 rings (SSSR count). The molecule has 22 heavy (non-hydrogen) atoms. The number of rotatable bonds is 2. The molecule has 2 aliphatic rings. The molecule has 0 aromatic heterocycles. The predicted octanol–water partition coefficient (Wildman–Crippen LogP) is 1.50. The Kier molecular flexibility index (Phi) is 5.44. The first-order valence-corrected chi connectivity index (χ1v) is 9.49. The van der Waals surface area contributed by atoms with Crippen molar-refractivity contribution in [3.05, 3.63) is 0 Å². The summed E-state index contributed by atoms with van der Waals surface area (Å²) in [7, 11) is 0. The average molecular weight is 364 g/mol. The van der Waals surface area contributed by atoms with Gasteiger partial charge in [0.2, 0.25) is 0 Å². The number of likely N-dealkylation sites (tertiary alicyclic amines) is 1. The Morgan fingerprint density at radius 3 is 2.00 bits per heavy atom. The lowest BCUT2D eigenvalue weighted by molar-refractivity contribution is -0.186. The number of alkyl halides is 3. The van der Waals surface area contributed by atoms with Crippen molar-refractivity contribution in [3.8, 4) is 0 Å². The second-order valence-corrected chi connectivity index (χ2v) is 8.32. The number of carbonyl (C=O) groups is 1. The van der Waals surface area contributed by atoms with Crippen LogP contribution in [-0.2, 0) is 9.36 Å². The van der Waals surface area contributed by atoms with E-state index in [0.29, 0.717) is 39.0 Å². The minimum absolute atomic E-state index is 0.0806. The summed E-state index contributed by atoms with van der Waals surface area (Å²) in [6.45, 7) is -1.82. The van der Waals surface area contributed by atoms with E-state index in [0.717, 1.165) is 4.90 Å². The Hall–Kier alpha value is -0.340. The maximum Gasteiger partial charge on any atom is 0.471 e. The fourth-order valence-corrected chi connectivity index (χ4v) is 4.06. The van der Waals surface area contributed by atoms with E-state index in [2.05, 4.69) is 4.90 Å². The smallest absolute Gasteiger partial charge is 0.335 e. The molecule has 0 radical (unpaired) electrons. The number of hydrogen-bond donors (Lipinski definition) is 1. The second-order valence-electron chi connectivity index (χ2n) is 5.48. The molecule has 2 saturated heterocycles. The first kappa shape index (κ1) is 18.0. The number of piperazine rings is 1. The maximum atomic E-state index is 12.4. The van der Waals surface area contributed by atoms with Crippen LogP contribution in [0.15, 0.2) is 0 Å². The van der Waals surface area contributed by atoms with Crippen molar-refractivity contribution in [2.24, 2.45) is 0 Å². The molecular formula is C11H18ClF3N3O3P. The van der Waals surface area contributed by atoms with E-state index >= 15 is 0 Å². The summed E-state index contributed by atoms with van der Waals surface area (Å²) in [5.41, 5.74) is 0. The molecule has 128 valence electrons. The standard InChI is InChI=1S/C11H18ClF3N3O3P/c12-22(20,21)18-7-5-16(6-8-18)9-1-3-17(4-2-9)10(19)11(13,14)15/h9H,1-8H2,(H,20,21). The first-order valence-electron chi connectivity index (χ1n) is 6.97. The molecule has 2 fully saturated rings. The summed E-state index contributed by atoms with van der Waals surface area (Å²) in [6, 6.07) is 0.0906. The van der Waals surface area contributed by atoms with E-state index in [-0.39, 0.29) is 19.1 Å². The molecule has 0 spiro atoms. The van der Waals surface area contributed by atoms with Crippen molar-refractivity contribution in [2.75, 3.05) is 39.3 Å². The van der Waals surface area contributed by atoms with Crippen LogP contribution in [0.2, 0.25) is 0 Å². The van der Waals surface area contributed by atoms with Crippen LogP contribution in [0, 0.1) is 0 Å². The van der Waals surface area contributed by atoms with Gasteiger partial charge >= 0.3 is 19.0 Å². The van der Waals surface area contributed by atoms with Gasteiger partial charge in [0.15, 0.2) is 0 Å². The number of nitrogens with zero attached hydrogens (tertiary/aromatic N) is 3. The minimum atomic E-state index is -4.82. The zero-order valence-corrected chi connectivity index (χ0v) is 13.4. The highest BCUT2D eigenvalue weighted by Gasteiger charge is 2.43. The molecule has 2 aliphatic heterocycles. The molecule has 11 heteroatoms. The SMILES string of the molecule is O=C(N1CCC(N2CCN(P(=O)(O)Cl)CC2)CC1)C(F)(F)F. The molecule has 2 heterocycles. The van der Waals surface area contributed by atoms with Crippen molar-refractivity contribution < 1.29 is 27.4 Å². The van der Waals surface area contributed by atoms with Crippen LogP contribution in [0.4, 0.5) is 13.2 Å². The van der Waals surface area contributed by atoms with Crippen LogP contribution in [-0.4, -0.2) is 76.8 Å². The number of piperidine rings is 1. The topological polar surface area (TPSA) is 64.1 Å². The third-order valence-electron chi connectivity index (χ3n) is 4.15. The molecule has 6 nitrogen and oxygen atoms in total. The molecule has 0 saturated carbocycles. The van der Waals surface area contributed by atoms with Crippen LogP contribution in [0.3, 0.4) is 0 Å². The van der Waals surface area contributed by atoms with E-state index in [1.165, 1.54) is 4.67 Å². The summed E-state index contributed by atoms with van der Waals surface area (Å²) in [5.74, 6) is -1.78. The van der Waals surface area contributed by atoms with Crippen LogP contribution in [0.5, 0.6) is 0 Å². The van der Waals surface area contributed by atoms with Gasteiger partial charge in [-0.3, -0.25) is 14.3 Å². The van der Waals surface area contributed by atoms with Gasteiger partial charge in [-0.2, -0.15) is 13.2 Å². The van der Waals surface area contributed by atoms with Crippen molar-refractivity contribution in [3.63, 3.8) is 0 Å². The predicted molar refractivity (Wildman–Crippen MR) is 74.5 cm³/mol. The second kappa shape index (κ2) is 6.65. The summed E-state index contributed by atoms with van der Waals surface area (Å²) in [4.78, 5) is 23.4. The van der Waals surface area contributed by atoms with Crippen molar-refractivity contribution in [1.82, 2.24) is 14.5 Å². The molecule has 1 amide bonds. The Labute approximate surface area is 131 Å². The number of hydrogen-bond acceptors (Lipinski definition) is 3. The van der Waals surface area contributed by atoms with Crippen molar-refractivity contribution >= 4 is 24.0 Å². The first-order chi connectivity index (χ1) is 10.1. The lowest BCUT2D eigenvalue weighted by atomic mass is 10.0. The van der Waals surface area contributed by atoms with Crippen LogP contribution in [0.25, 0.3) is 0 Å². The van der Waals surface area contributed by atoms with Crippen molar-refractivity contribution in [1.29, 1.82) is 0 Å². The Morgan fingerprint density at radius 2 is 1.59 bits per heavy atom. The summed E-state index contributed by atoms with van der Waals surface area (Å²) in [5, 5.41) is 0. The third-order valence-corrected chi connectivity index (χ3v) is 5.89. The summed E-state index contributed by atoms with van der Waals surface area (Å²) in [6.07, 6.45) is -3.87. The molecule has 0 aromatic rings. The van der Waals surface area contributed by atoms with Crippen molar-refractivity contribution in [2.45, 2.75) is 25.1 Å². The minimum Gasteiger partial charge on any atom is -0.335 e. The van der Waals surface area contributed by atoms with Gasteiger partial charge in [-0.25, -0.2) is 4.67 Å². The van der Waals surface area contributed by atoms with Gasteiger partial charge in [-0.15, -0.1) is 0 Å². The quantitative estimate of drug-likeness (QED) is 0.753. The van der Waals surface area contributed by atoms with Crippen LogP contribution < -0.4 is 0 Å². The summed E-state index contributed by atoms with van der Waals surface area (Å²) < 4.78 is 49.8. The average Bonchev–Trinajstić information content (AvgIpc) is 2.45. The largest absolute Gasteiger partial charge is 0.471 e. The Balaban J connectivity index is 1.81. The number of halogens is 4. The fraction of sp³-hybridized carbons (Fsp3) is 0.909. The normalized spacial score (nSPS) is 26.0. The summed E-state index contributed by atoms with van der Waals surface area (Å²) >= 11 is 5.41. The molecule has 0 bridgehead atoms. The lowest BCUT2D eigenvalue weighted by Crippen LogP contribution is -2.54. The van der Waals surface area contributed by atoms with Crippen LogP contribution in [0.1, 0.15) is 12.8 Å².